The Balaban J connectivity index is 1.87. The van der Waals surface area contributed by atoms with Crippen LogP contribution in [0, 0.1) is 0 Å². The summed E-state index contributed by atoms with van der Waals surface area (Å²) >= 11 is 0. The maximum atomic E-state index is 5.90. The van der Waals surface area contributed by atoms with Gasteiger partial charge in [-0.05, 0) is 36.8 Å². The predicted molar refractivity (Wildman–Crippen MR) is 94.3 cm³/mol. The molecule has 118 valence electrons. The highest BCUT2D eigenvalue weighted by atomic mass is 16.5. The van der Waals surface area contributed by atoms with Crippen molar-refractivity contribution in [2.45, 2.75) is 19.8 Å². The van der Waals surface area contributed by atoms with Crippen molar-refractivity contribution in [3.8, 4) is 28.3 Å². The molecule has 1 aromatic heterocycles. The number of para-hydroxylation sites is 1. The molecule has 23 heavy (non-hydrogen) atoms. The third-order valence-corrected chi connectivity index (χ3v) is 3.72. The first-order valence-electron chi connectivity index (χ1n) is 7.91. The van der Waals surface area contributed by atoms with Gasteiger partial charge in [0.2, 0.25) is 0 Å². The second-order valence-electron chi connectivity index (χ2n) is 5.49. The van der Waals surface area contributed by atoms with E-state index in [0.717, 1.165) is 53.4 Å². The van der Waals surface area contributed by atoms with Crippen molar-refractivity contribution in [1.29, 1.82) is 0 Å². The van der Waals surface area contributed by atoms with E-state index in [1.165, 1.54) is 0 Å². The molecule has 0 radical (unpaired) electrons. The molecule has 2 aromatic carbocycles. The maximum absolute atomic E-state index is 5.90. The van der Waals surface area contributed by atoms with Crippen molar-refractivity contribution in [3.05, 3.63) is 54.6 Å². The Bertz CT molecular complexity index is 762. The van der Waals surface area contributed by atoms with Crippen molar-refractivity contribution >= 4 is 5.69 Å². The Kier molecular flexibility index (Phi) is 4.62. The minimum Gasteiger partial charge on any atom is -0.493 e. The number of anilines is 1. The van der Waals surface area contributed by atoms with Crippen LogP contribution >= 0.6 is 0 Å². The molecular weight excluding hydrogens is 286 g/mol. The molecule has 0 aliphatic heterocycles. The van der Waals surface area contributed by atoms with E-state index >= 15 is 0 Å². The number of benzene rings is 2. The summed E-state index contributed by atoms with van der Waals surface area (Å²) in [5.74, 6) is 0.883. The summed E-state index contributed by atoms with van der Waals surface area (Å²) in [5, 5.41) is 7.51. The minimum atomic E-state index is 0.729. The van der Waals surface area contributed by atoms with Crippen LogP contribution < -0.4 is 10.5 Å². The Morgan fingerprint density at radius 1 is 1.09 bits per heavy atom. The van der Waals surface area contributed by atoms with Crippen LogP contribution in [-0.2, 0) is 0 Å². The molecule has 4 nitrogen and oxygen atoms in total. The van der Waals surface area contributed by atoms with E-state index in [9.17, 15) is 0 Å². The van der Waals surface area contributed by atoms with Gasteiger partial charge in [0.05, 0.1) is 18.0 Å². The van der Waals surface area contributed by atoms with Gasteiger partial charge in [-0.25, -0.2) is 0 Å². The largest absolute Gasteiger partial charge is 0.493 e. The highest BCUT2D eigenvalue weighted by molar-refractivity contribution is 5.72. The van der Waals surface area contributed by atoms with Crippen LogP contribution in [0.3, 0.4) is 0 Å². The van der Waals surface area contributed by atoms with Crippen molar-refractivity contribution in [3.63, 3.8) is 0 Å². The lowest BCUT2D eigenvalue weighted by Gasteiger charge is -2.09. The Labute approximate surface area is 136 Å². The fourth-order valence-corrected chi connectivity index (χ4v) is 2.40. The quantitative estimate of drug-likeness (QED) is 0.520. The fraction of sp³-hybridized carbons (Fsp3) is 0.211. The molecule has 1 heterocycles. The predicted octanol–water partition coefficient (Wildman–Crippen LogP) is 4.50. The number of rotatable bonds is 6. The summed E-state index contributed by atoms with van der Waals surface area (Å²) in [6, 6.07) is 17.8. The summed E-state index contributed by atoms with van der Waals surface area (Å²) in [6.07, 6.45) is 2.17. The van der Waals surface area contributed by atoms with Gasteiger partial charge in [-0.15, -0.1) is 0 Å². The fourth-order valence-electron chi connectivity index (χ4n) is 2.40. The summed E-state index contributed by atoms with van der Waals surface area (Å²) in [6.45, 7) is 2.88. The number of aromatic nitrogens is 2. The highest BCUT2D eigenvalue weighted by Crippen LogP contribution is 2.31. The molecule has 3 rings (SSSR count). The van der Waals surface area contributed by atoms with E-state index in [-0.39, 0.29) is 0 Å². The van der Waals surface area contributed by atoms with Crippen LogP contribution in [0.2, 0.25) is 0 Å². The number of hydrogen-bond donors (Lipinski definition) is 2. The molecule has 3 N–H and O–H groups in total. The third-order valence-electron chi connectivity index (χ3n) is 3.72. The number of aromatic amines is 1. The summed E-state index contributed by atoms with van der Waals surface area (Å²) in [4.78, 5) is 0. The zero-order valence-corrected chi connectivity index (χ0v) is 13.3. The number of nitrogens with zero attached hydrogens (tertiary/aromatic N) is 1. The van der Waals surface area contributed by atoms with E-state index < -0.39 is 0 Å². The molecule has 0 unspecified atom stereocenters. The summed E-state index contributed by atoms with van der Waals surface area (Å²) in [5.41, 5.74) is 10.4. The van der Waals surface area contributed by atoms with Crippen molar-refractivity contribution in [2.75, 3.05) is 12.3 Å². The molecule has 0 bridgehead atoms. The molecule has 3 aromatic rings. The topological polar surface area (TPSA) is 63.9 Å². The lowest BCUT2D eigenvalue weighted by Crippen LogP contribution is -1.98. The first-order chi connectivity index (χ1) is 11.3. The Morgan fingerprint density at radius 3 is 2.65 bits per heavy atom. The van der Waals surface area contributed by atoms with Gasteiger partial charge in [0.15, 0.2) is 0 Å². The zero-order valence-electron chi connectivity index (χ0n) is 13.3. The average molecular weight is 307 g/mol. The smallest absolute Gasteiger partial charge is 0.128 e. The van der Waals surface area contributed by atoms with Crippen molar-refractivity contribution in [2.24, 2.45) is 0 Å². The summed E-state index contributed by atoms with van der Waals surface area (Å²) < 4.78 is 5.90. The van der Waals surface area contributed by atoms with Gasteiger partial charge in [-0.2, -0.15) is 5.10 Å². The number of unbranched alkanes of at least 4 members (excludes halogenated alkanes) is 1. The zero-order chi connectivity index (χ0) is 16.1. The van der Waals surface area contributed by atoms with E-state index in [2.05, 4.69) is 17.1 Å². The molecule has 0 saturated carbocycles. The van der Waals surface area contributed by atoms with Gasteiger partial charge in [0.25, 0.3) is 0 Å². The second kappa shape index (κ2) is 7.01. The molecule has 0 saturated heterocycles. The number of H-pyrrole nitrogens is 1. The van der Waals surface area contributed by atoms with Crippen LogP contribution in [0.15, 0.2) is 54.6 Å². The Morgan fingerprint density at radius 2 is 1.87 bits per heavy atom. The first kappa shape index (κ1) is 15.2. The van der Waals surface area contributed by atoms with Gasteiger partial charge >= 0.3 is 0 Å². The van der Waals surface area contributed by atoms with E-state index in [1.807, 2.05) is 54.6 Å². The monoisotopic (exact) mass is 307 g/mol. The first-order valence-corrected chi connectivity index (χ1v) is 7.91. The van der Waals surface area contributed by atoms with E-state index in [4.69, 9.17) is 10.5 Å². The average Bonchev–Trinajstić information content (AvgIpc) is 3.06. The molecule has 0 aliphatic rings. The number of hydrogen-bond acceptors (Lipinski definition) is 3. The molecule has 4 heteroatoms. The molecule has 0 atom stereocenters. The number of ether oxygens (including phenoxy) is 1. The second-order valence-corrected chi connectivity index (χ2v) is 5.49. The van der Waals surface area contributed by atoms with Gasteiger partial charge < -0.3 is 10.5 Å². The minimum absolute atomic E-state index is 0.729. The third kappa shape index (κ3) is 3.54. The van der Waals surface area contributed by atoms with Gasteiger partial charge in [-0.3, -0.25) is 5.10 Å². The van der Waals surface area contributed by atoms with Crippen molar-refractivity contribution < 1.29 is 4.74 Å². The van der Waals surface area contributed by atoms with Gasteiger partial charge in [-0.1, -0.05) is 37.6 Å². The van der Waals surface area contributed by atoms with Gasteiger partial charge in [0, 0.05) is 16.8 Å². The maximum Gasteiger partial charge on any atom is 0.128 e. The Hall–Kier alpha value is -2.75. The number of nitrogen functional groups attached to an aromatic ring is 1. The van der Waals surface area contributed by atoms with Crippen molar-refractivity contribution in [1.82, 2.24) is 10.2 Å². The van der Waals surface area contributed by atoms with Gasteiger partial charge in [0.1, 0.15) is 5.75 Å². The van der Waals surface area contributed by atoms with E-state index in [0.29, 0.717) is 0 Å². The van der Waals surface area contributed by atoms with Crippen LogP contribution in [-0.4, -0.2) is 16.8 Å². The van der Waals surface area contributed by atoms with Crippen LogP contribution in [0.5, 0.6) is 5.75 Å². The lowest BCUT2D eigenvalue weighted by molar-refractivity contribution is 0.310. The molecule has 0 fully saturated rings. The van der Waals surface area contributed by atoms with E-state index in [1.54, 1.807) is 0 Å². The SMILES string of the molecule is CCCCOc1ccccc1-c1cc(-c2ccc(N)cc2)n[nH]1. The highest BCUT2D eigenvalue weighted by Gasteiger charge is 2.10. The van der Waals surface area contributed by atoms with Crippen LogP contribution in [0.1, 0.15) is 19.8 Å². The number of nitrogens with one attached hydrogen (secondary N) is 1. The van der Waals surface area contributed by atoms with Crippen LogP contribution in [0.4, 0.5) is 5.69 Å². The molecular formula is C19H21N3O. The van der Waals surface area contributed by atoms with Crippen LogP contribution in [0.25, 0.3) is 22.5 Å². The standard InChI is InChI=1S/C19H21N3O/c1-2-3-12-23-19-7-5-4-6-16(19)18-13-17(21-22-18)14-8-10-15(20)11-9-14/h4-11,13H,2-3,12,20H2,1H3,(H,21,22). The lowest BCUT2D eigenvalue weighted by atomic mass is 10.1. The number of nitrogens with two attached hydrogens (primary N) is 1. The normalized spacial score (nSPS) is 10.7. The molecule has 0 amide bonds. The molecule has 0 aliphatic carbocycles. The molecule has 0 spiro atoms. The summed E-state index contributed by atoms with van der Waals surface area (Å²) in [7, 11) is 0.